The van der Waals surface area contributed by atoms with E-state index in [1.54, 1.807) is 13.4 Å². The Morgan fingerprint density at radius 1 is 1.38 bits per heavy atom. The van der Waals surface area contributed by atoms with Gasteiger partial charge in [0.15, 0.2) is 5.16 Å². The maximum Gasteiger partial charge on any atom is 0.233 e. The van der Waals surface area contributed by atoms with Crippen LogP contribution in [-0.2, 0) is 4.79 Å². The third-order valence-corrected chi connectivity index (χ3v) is 6.00. The van der Waals surface area contributed by atoms with E-state index in [1.165, 1.54) is 31.0 Å². The highest BCUT2D eigenvalue weighted by atomic mass is 32.2. The number of benzene rings is 1. The molecule has 1 fully saturated rings. The molecule has 3 rings (SSSR count). The van der Waals surface area contributed by atoms with E-state index in [2.05, 4.69) is 22.4 Å². The Bertz CT molecular complexity index is 749. The SMILES string of the molecule is COc1cccc(-n2cnnc2S[C@H](C)C(=O)N[C@H]2CCCC[C@@H]2C)c1. The van der Waals surface area contributed by atoms with Gasteiger partial charge < -0.3 is 10.1 Å². The van der Waals surface area contributed by atoms with Crippen LogP contribution in [0.15, 0.2) is 35.7 Å². The van der Waals surface area contributed by atoms with Crippen molar-refractivity contribution in [3.05, 3.63) is 30.6 Å². The van der Waals surface area contributed by atoms with E-state index in [0.29, 0.717) is 11.1 Å². The molecule has 26 heavy (non-hydrogen) atoms. The summed E-state index contributed by atoms with van der Waals surface area (Å²) in [6.45, 7) is 4.14. The zero-order valence-corrected chi connectivity index (χ0v) is 16.3. The minimum Gasteiger partial charge on any atom is -0.497 e. The minimum atomic E-state index is -0.238. The van der Waals surface area contributed by atoms with Crippen LogP contribution >= 0.6 is 11.8 Å². The number of ether oxygens (including phenoxy) is 1. The average Bonchev–Trinajstić information content (AvgIpc) is 3.11. The maximum absolute atomic E-state index is 12.6. The van der Waals surface area contributed by atoms with Gasteiger partial charge >= 0.3 is 0 Å². The first-order valence-electron chi connectivity index (χ1n) is 9.10. The number of amides is 1. The second-order valence-electron chi connectivity index (χ2n) is 6.82. The van der Waals surface area contributed by atoms with Crippen LogP contribution in [0.2, 0.25) is 0 Å². The molecule has 0 spiro atoms. The van der Waals surface area contributed by atoms with Crippen LogP contribution < -0.4 is 10.1 Å². The van der Waals surface area contributed by atoms with E-state index in [1.807, 2.05) is 35.8 Å². The zero-order valence-electron chi connectivity index (χ0n) is 15.5. The summed E-state index contributed by atoms with van der Waals surface area (Å²) in [4.78, 5) is 12.6. The molecule has 0 saturated heterocycles. The van der Waals surface area contributed by atoms with Gasteiger partial charge in [0.25, 0.3) is 0 Å². The number of thioether (sulfide) groups is 1. The molecule has 0 aliphatic heterocycles. The van der Waals surface area contributed by atoms with Crippen molar-refractivity contribution in [3.63, 3.8) is 0 Å². The van der Waals surface area contributed by atoms with Crippen LogP contribution in [0, 0.1) is 5.92 Å². The summed E-state index contributed by atoms with van der Waals surface area (Å²) >= 11 is 1.42. The van der Waals surface area contributed by atoms with Crippen molar-refractivity contribution in [2.45, 2.75) is 56.0 Å². The first-order chi connectivity index (χ1) is 12.6. The lowest BCUT2D eigenvalue weighted by atomic mass is 9.86. The number of hydrogen-bond donors (Lipinski definition) is 1. The molecule has 1 aliphatic carbocycles. The molecule has 0 unspecified atom stereocenters. The first-order valence-corrected chi connectivity index (χ1v) is 9.98. The molecule has 2 aromatic rings. The Labute approximate surface area is 158 Å². The monoisotopic (exact) mass is 374 g/mol. The Morgan fingerprint density at radius 3 is 2.96 bits per heavy atom. The van der Waals surface area contributed by atoms with E-state index in [0.717, 1.165) is 17.9 Å². The molecule has 0 bridgehead atoms. The van der Waals surface area contributed by atoms with Crippen molar-refractivity contribution in [1.82, 2.24) is 20.1 Å². The number of nitrogens with one attached hydrogen (secondary N) is 1. The molecule has 1 saturated carbocycles. The standard InChI is InChI=1S/C19H26N4O2S/c1-13-7-4-5-10-17(13)21-18(24)14(2)26-19-22-20-12-23(19)15-8-6-9-16(11-15)25-3/h6,8-9,11-14,17H,4-5,7,10H2,1-3H3,(H,21,24)/t13-,14+,17-/m0/s1. The largest absolute Gasteiger partial charge is 0.497 e. The molecule has 140 valence electrons. The summed E-state index contributed by atoms with van der Waals surface area (Å²) in [5.41, 5.74) is 0.908. The summed E-state index contributed by atoms with van der Waals surface area (Å²) < 4.78 is 7.16. The molecular weight excluding hydrogens is 348 g/mol. The van der Waals surface area contributed by atoms with Crippen molar-refractivity contribution in [2.75, 3.05) is 7.11 Å². The summed E-state index contributed by atoms with van der Waals surface area (Å²) in [7, 11) is 1.64. The van der Waals surface area contributed by atoms with Gasteiger partial charge in [-0.3, -0.25) is 9.36 Å². The Hall–Kier alpha value is -2.02. The van der Waals surface area contributed by atoms with Gasteiger partial charge in [-0.25, -0.2) is 0 Å². The lowest BCUT2D eigenvalue weighted by Gasteiger charge is -2.30. The van der Waals surface area contributed by atoms with Gasteiger partial charge in [0.1, 0.15) is 12.1 Å². The van der Waals surface area contributed by atoms with Gasteiger partial charge in [-0.1, -0.05) is 37.6 Å². The Kier molecular flexibility index (Phi) is 6.19. The van der Waals surface area contributed by atoms with Gasteiger partial charge in [0.05, 0.1) is 18.0 Å². The van der Waals surface area contributed by atoms with Crippen LogP contribution in [0.5, 0.6) is 5.75 Å². The van der Waals surface area contributed by atoms with Crippen LogP contribution in [0.1, 0.15) is 39.5 Å². The Balaban J connectivity index is 1.67. The van der Waals surface area contributed by atoms with E-state index < -0.39 is 0 Å². The number of nitrogens with zero attached hydrogens (tertiary/aromatic N) is 3. The predicted octanol–water partition coefficient (Wildman–Crippen LogP) is 3.45. The van der Waals surface area contributed by atoms with E-state index in [-0.39, 0.29) is 17.2 Å². The number of methoxy groups -OCH3 is 1. The van der Waals surface area contributed by atoms with Crippen molar-refractivity contribution in [3.8, 4) is 11.4 Å². The number of aromatic nitrogens is 3. The zero-order chi connectivity index (χ0) is 18.5. The molecular formula is C19H26N4O2S. The summed E-state index contributed by atoms with van der Waals surface area (Å²) in [6.07, 6.45) is 6.38. The first kappa shape index (κ1) is 18.8. The molecule has 1 N–H and O–H groups in total. The molecule has 7 heteroatoms. The summed E-state index contributed by atoms with van der Waals surface area (Å²) in [6, 6.07) is 7.98. The van der Waals surface area contributed by atoms with Crippen LogP contribution in [0.4, 0.5) is 0 Å². The van der Waals surface area contributed by atoms with Crippen molar-refractivity contribution < 1.29 is 9.53 Å². The van der Waals surface area contributed by atoms with Crippen LogP contribution in [-0.4, -0.2) is 39.1 Å². The normalized spacial score (nSPS) is 21.2. The van der Waals surface area contributed by atoms with Gasteiger partial charge in [-0.2, -0.15) is 0 Å². The van der Waals surface area contributed by atoms with Gasteiger partial charge in [-0.05, 0) is 37.8 Å². The highest BCUT2D eigenvalue weighted by Crippen LogP contribution is 2.27. The van der Waals surface area contributed by atoms with E-state index in [9.17, 15) is 4.79 Å². The van der Waals surface area contributed by atoms with E-state index >= 15 is 0 Å². The topological polar surface area (TPSA) is 69.0 Å². The van der Waals surface area contributed by atoms with Gasteiger partial charge in [0, 0.05) is 12.1 Å². The third kappa shape index (κ3) is 4.38. The molecule has 1 aromatic carbocycles. The second-order valence-corrected chi connectivity index (χ2v) is 8.13. The van der Waals surface area contributed by atoms with Gasteiger partial charge in [0.2, 0.25) is 5.91 Å². The van der Waals surface area contributed by atoms with Crippen LogP contribution in [0.25, 0.3) is 5.69 Å². The number of carbonyl (C=O) groups is 1. The molecule has 6 nitrogen and oxygen atoms in total. The molecule has 1 aliphatic rings. The van der Waals surface area contributed by atoms with Crippen molar-refractivity contribution >= 4 is 17.7 Å². The van der Waals surface area contributed by atoms with Crippen molar-refractivity contribution in [1.29, 1.82) is 0 Å². The molecule has 1 aromatic heterocycles. The third-order valence-electron chi connectivity index (χ3n) is 4.94. The highest BCUT2D eigenvalue weighted by Gasteiger charge is 2.26. The highest BCUT2D eigenvalue weighted by molar-refractivity contribution is 8.00. The van der Waals surface area contributed by atoms with Crippen molar-refractivity contribution in [2.24, 2.45) is 5.92 Å². The van der Waals surface area contributed by atoms with E-state index in [4.69, 9.17) is 4.74 Å². The fourth-order valence-electron chi connectivity index (χ4n) is 3.28. The average molecular weight is 375 g/mol. The molecule has 1 amide bonds. The lowest BCUT2D eigenvalue weighted by Crippen LogP contribution is -2.44. The minimum absolute atomic E-state index is 0.0638. The second kappa shape index (κ2) is 8.58. The summed E-state index contributed by atoms with van der Waals surface area (Å²) in [5, 5.41) is 11.9. The van der Waals surface area contributed by atoms with Crippen LogP contribution in [0.3, 0.4) is 0 Å². The van der Waals surface area contributed by atoms with Gasteiger partial charge in [-0.15, -0.1) is 10.2 Å². The molecule has 3 atom stereocenters. The number of rotatable bonds is 6. The lowest BCUT2D eigenvalue weighted by molar-refractivity contribution is -0.121. The quantitative estimate of drug-likeness (QED) is 0.784. The molecule has 0 radical (unpaired) electrons. The number of carbonyl (C=O) groups excluding carboxylic acids is 1. The summed E-state index contributed by atoms with van der Waals surface area (Å²) in [5.74, 6) is 1.38. The fourth-order valence-corrected chi connectivity index (χ4v) is 4.14. The fraction of sp³-hybridized carbons (Fsp3) is 0.526. The molecule has 1 heterocycles. The smallest absolute Gasteiger partial charge is 0.233 e. The number of hydrogen-bond acceptors (Lipinski definition) is 5. The predicted molar refractivity (Wildman–Crippen MR) is 103 cm³/mol. The maximum atomic E-state index is 12.6. The Morgan fingerprint density at radius 2 is 2.19 bits per heavy atom.